The van der Waals surface area contributed by atoms with Gasteiger partial charge in [0.05, 0.1) is 6.04 Å². The number of aromatic hydroxyl groups is 1. The Kier molecular flexibility index (Phi) is 6.12. The third kappa shape index (κ3) is 4.54. The van der Waals surface area contributed by atoms with Crippen LogP contribution in [0.15, 0.2) is 60.2 Å². The van der Waals surface area contributed by atoms with Gasteiger partial charge in [0, 0.05) is 23.7 Å². The lowest BCUT2D eigenvalue weighted by atomic mass is 9.95. The zero-order valence-corrected chi connectivity index (χ0v) is 15.7. The molecule has 0 spiro atoms. The van der Waals surface area contributed by atoms with Crippen LogP contribution in [0.5, 0.6) is 5.75 Å². The molecule has 0 saturated heterocycles. The Morgan fingerprint density at radius 1 is 1.15 bits per heavy atom. The first kappa shape index (κ1) is 18.7. The molecule has 136 valence electrons. The first-order valence-corrected chi connectivity index (χ1v) is 9.44. The van der Waals surface area contributed by atoms with Crippen molar-refractivity contribution in [3.05, 3.63) is 76.3 Å². The molecular formula is C22H24ClNO2. The van der Waals surface area contributed by atoms with Crippen molar-refractivity contribution in [2.75, 3.05) is 13.1 Å². The predicted molar refractivity (Wildman–Crippen MR) is 106 cm³/mol. The van der Waals surface area contributed by atoms with Crippen molar-refractivity contribution in [1.29, 1.82) is 0 Å². The maximum Gasteiger partial charge on any atom is 0.179 e. The van der Waals surface area contributed by atoms with E-state index in [2.05, 4.69) is 30.0 Å². The highest BCUT2D eigenvalue weighted by Crippen LogP contribution is 2.22. The normalized spacial score (nSPS) is 16.2. The summed E-state index contributed by atoms with van der Waals surface area (Å²) < 4.78 is 0. The quantitative estimate of drug-likeness (QED) is 0.582. The fourth-order valence-corrected chi connectivity index (χ4v) is 3.59. The van der Waals surface area contributed by atoms with Crippen LogP contribution in [0.3, 0.4) is 0 Å². The maximum absolute atomic E-state index is 12.8. The molecule has 0 aliphatic carbocycles. The molecule has 1 atom stereocenters. The zero-order valence-electron chi connectivity index (χ0n) is 15.0. The second-order valence-corrected chi connectivity index (χ2v) is 7.18. The van der Waals surface area contributed by atoms with Gasteiger partial charge in [-0.05, 0) is 61.2 Å². The van der Waals surface area contributed by atoms with Crippen LogP contribution in [0.25, 0.3) is 0 Å². The number of Topliss-reactive ketones (excluding diaryl/α,β-unsaturated/α-hetero) is 1. The Hall–Kier alpha value is -2.10. The number of rotatable bonds is 6. The second kappa shape index (κ2) is 8.52. The number of nitrogens with zero attached hydrogens (tertiary/aromatic N) is 1. The van der Waals surface area contributed by atoms with Crippen LogP contribution in [0.2, 0.25) is 5.02 Å². The van der Waals surface area contributed by atoms with E-state index in [1.165, 1.54) is 11.1 Å². The second-order valence-electron chi connectivity index (χ2n) is 6.75. The van der Waals surface area contributed by atoms with Crippen LogP contribution in [0.4, 0.5) is 0 Å². The Balaban J connectivity index is 1.64. The summed E-state index contributed by atoms with van der Waals surface area (Å²) in [6, 6.07) is 14.4. The minimum atomic E-state index is -0.118. The Bertz CT molecular complexity index is 781. The standard InChI is InChI=1S/C22H24ClNO2/c1-2-21(22(26)18-5-9-20(25)10-6-18)24-13-11-17(12-14-24)15-16-3-7-19(23)8-4-16/h3-11,21,25H,2,12-15H2,1H3. The molecule has 1 aliphatic rings. The molecule has 3 nitrogen and oxygen atoms in total. The molecule has 26 heavy (non-hydrogen) atoms. The number of benzene rings is 2. The number of phenolic OH excluding ortho intramolecular Hbond substituents is 1. The molecule has 1 unspecified atom stereocenters. The number of carbonyl (C=O) groups excluding carboxylic acids is 1. The van der Waals surface area contributed by atoms with Gasteiger partial charge in [0.1, 0.15) is 5.75 Å². The third-order valence-electron chi connectivity index (χ3n) is 4.96. The van der Waals surface area contributed by atoms with Gasteiger partial charge < -0.3 is 5.11 Å². The van der Waals surface area contributed by atoms with Crippen molar-refractivity contribution in [1.82, 2.24) is 4.90 Å². The highest BCUT2D eigenvalue weighted by atomic mass is 35.5. The molecule has 0 radical (unpaired) electrons. The topological polar surface area (TPSA) is 40.5 Å². The first-order chi connectivity index (χ1) is 12.6. The average Bonchev–Trinajstić information content (AvgIpc) is 2.66. The number of phenols is 1. The van der Waals surface area contributed by atoms with Gasteiger partial charge in [-0.15, -0.1) is 0 Å². The molecule has 0 amide bonds. The van der Waals surface area contributed by atoms with Crippen LogP contribution in [0.1, 0.15) is 35.7 Å². The number of hydrogen-bond donors (Lipinski definition) is 1. The Morgan fingerprint density at radius 2 is 1.85 bits per heavy atom. The lowest BCUT2D eigenvalue weighted by molar-refractivity contribution is 0.0822. The summed E-state index contributed by atoms with van der Waals surface area (Å²) in [4.78, 5) is 15.1. The van der Waals surface area contributed by atoms with Crippen molar-refractivity contribution in [3.8, 4) is 5.75 Å². The van der Waals surface area contributed by atoms with Gasteiger partial charge in [-0.1, -0.05) is 42.3 Å². The van der Waals surface area contributed by atoms with Crippen LogP contribution in [-0.4, -0.2) is 34.9 Å². The highest BCUT2D eigenvalue weighted by Gasteiger charge is 2.26. The Morgan fingerprint density at radius 3 is 2.42 bits per heavy atom. The molecule has 0 aromatic heterocycles. The smallest absolute Gasteiger partial charge is 0.179 e. The van der Waals surface area contributed by atoms with Crippen LogP contribution < -0.4 is 0 Å². The van der Waals surface area contributed by atoms with E-state index in [1.54, 1.807) is 24.3 Å². The number of carbonyl (C=O) groups is 1. The van der Waals surface area contributed by atoms with E-state index in [4.69, 9.17) is 11.6 Å². The van der Waals surface area contributed by atoms with Gasteiger partial charge >= 0.3 is 0 Å². The van der Waals surface area contributed by atoms with Crippen molar-refractivity contribution in [2.45, 2.75) is 32.2 Å². The molecule has 0 bridgehead atoms. The maximum atomic E-state index is 12.8. The van der Waals surface area contributed by atoms with E-state index < -0.39 is 0 Å². The lowest BCUT2D eigenvalue weighted by Gasteiger charge is -2.32. The number of hydrogen-bond acceptors (Lipinski definition) is 3. The predicted octanol–water partition coefficient (Wildman–Crippen LogP) is 4.88. The largest absolute Gasteiger partial charge is 0.508 e. The zero-order chi connectivity index (χ0) is 18.5. The molecule has 1 aliphatic heterocycles. The minimum Gasteiger partial charge on any atom is -0.508 e. The van der Waals surface area contributed by atoms with Crippen LogP contribution in [0, 0.1) is 0 Å². The van der Waals surface area contributed by atoms with E-state index in [0.29, 0.717) is 5.56 Å². The monoisotopic (exact) mass is 369 g/mol. The minimum absolute atomic E-state index is 0.118. The number of ketones is 1. The van der Waals surface area contributed by atoms with E-state index in [9.17, 15) is 9.90 Å². The van der Waals surface area contributed by atoms with Gasteiger partial charge in [-0.25, -0.2) is 0 Å². The summed E-state index contributed by atoms with van der Waals surface area (Å²) in [6.07, 6.45) is 4.95. The molecule has 3 rings (SSSR count). The average molecular weight is 370 g/mol. The molecule has 2 aromatic carbocycles. The summed E-state index contributed by atoms with van der Waals surface area (Å²) in [5, 5.41) is 10.2. The van der Waals surface area contributed by atoms with Gasteiger partial charge in [0.2, 0.25) is 0 Å². The molecule has 1 N–H and O–H groups in total. The van der Waals surface area contributed by atoms with E-state index in [1.807, 2.05) is 12.1 Å². The van der Waals surface area contributed by atoms with Gasteiger partial charge in [0.15, 0.2) is 5.78 Å². The molecule has 0 saturated carbocycles. The summed E-state index contributed by atoms with van der Waals surface area (Å²) in [5.74, 6) is 0.310. The van der Waals surface area contributed by atoms with Crippen LogP contribution >= 0.6 is 11.6 Å². The summed E-state index contributed by atoms with van der Waals surface area (Å²) in [7, 11) is 0. The molecular weight excluding hydrogens is 346 g/mol. The van der Waals surface area contributed by atoms with E-state index >= 15 is 0 Å². The molecule has 2 aromatic rings. The lowest BCUT2D eigenvalue weighted by Crippen LogP contribution is -2.43. The Labute approximate surface area is 159 Å². The van der Waals surface area contributed by atoms with Crippen molar-refractivity contribution >= 4 is 17.4 Å². The molecule has 1 heterocycles. The van der Waals surface area contributed by atoms with Gasteiger partial charge in [-0.3, -0.25) is 9.69 Å². The van der Waals surface area contributed by atoms with Crippen molar-refractivity contribution in [3.63, 3.8) is 0 Å². The molecule has 0 fully saturated rings. The fraction of sp³-hybridized carbons (Fsp3) is 0.318. The van der Waals surface area contributed by atoms with Crippen molar-refractivity contribution in [2.24, 2.45) is 0 Å². The SMILES string of the molecule is CCC(C(=O)c1ccc(O)cc1)N1CC=C(Cc2ccc(Cl)cc2)CC1. The van der Waals surface area contributed by atoms with E-state index in [-0.39, 0.29) is 17.6 Å². The van der Waals surface area contributed by atoms with Gasteiger partial charge in [0.25, 0.3) is 0 Å². The summed E-state index contributed by atoms with van der Waals surface area (Å²) in [6.45, 7) is 3.74. The first-order valence-electron chi connectivity index (χ1n) is 9.06. The fourth-order valence-electron chi connectivity index (χ4n) is 3.46. The summed E-state index contributed by atoms with van der Waals surface area (Å²) in [5.41, 5.74) is 3.34. The third-order valence-corrected chi connectivity index (χ3v) is 5.21. The summed E-state index contributed by atoms with van der Waals surface area (Å²) >= 11 is 5.95. The van der Waals surface area contributed by atoms with Gasteiger partial charge in [-0.2, -0.15) is 0 Å². The molecule has 4 heteroatoms. The van der Waals surface area contributed by atoms with Crippen molar-refractivity contribution < 1.29 is 9.90 Å². The van der Waals surface area contributed by atoms with E-state index in [0.717, 1.165) is 37.4 Å². The number of halogens is 1. The highest BCUT2D eigenvalue weighted by molar-refractivity contribution is 6.30. The van der Waals surface area contributed by atoms with Crippen LogP contribution in [-0.2, 0) is 6.42 Å².